The number of amides is 1. The molecule has 0 radical (unpaired) electrons. The van der Waals surface area contributed by atoms with E-state index in [0.717, 1.165) is 30.5 Å². The molecule has 0 spiro atoms. The van der Waals surface area contributed by atoms with Crippen LogP contribution < -0.4 is 0 Å². The maximum Gasteiger partial charge on any atom is 0.254 e. The van der Waals surface area contributed by atoms with Gasteiger partial charge >= 0.3 is 0 Å². The number of nitrogens with zero attached hydrogens (tertiary/aromatic N) is 2. The molecule has 3 fully saturated rings. The summed E-state index contributed by atoms with van der Waals surface area (Å²) in [5.41, 5.74) is 2.42. The van der Waals surface area contributed by atoms with E-state index in [9.17, 15) is 4.79 Å². The second-order valence-electron chi connectivity index (χ2n) is 8.37. The highest BCUT2D eigenvalue weighted by atomic mass is 16.2. The van der Waals surface area contributed by atoms with Crippen molar-refractivity contribution in [1.29, 1.82) is 0 Å². The van der Waals surface area contributed by atoms with Crippen LogP contribution in [0.1, 0.15) is 48.9 Å². The molecular weight excluding hydrogens is 308 g/mol. The first-order valence-corrected chi connectivity index (χ1v) is 10.1. The van der Waals surface area contributed by atoms with Gasteiger partial charge in [0.25, 0.3) is 5.91 Å². The van der Waals surface area contributed by atoms with E-state index in [1.165, 1.54) is 45.2 Å². The Kier molecular flexibility index (Phi) is 3.93. The van der Waals surface area contributed by atoms with E-state index in [1.807, 2.05) is 30.3 Å². The van der Waals surface area contributed by atoms with Gasteiger partial charge in [-0.1, -0.05) is 36.3 Å². The number of piperidine rings is 3. The number of carbonyl (C=O) groups is 1. The van der Waals surface area contributed by atoms with E-state index in [4.69, 9.17) is 0 Å². The zero-order valence-electron chi connectivity index (χ0n) is 14.9. The Morgan fingerprint density at radius 2 is 1.92 bits per heavy atom. The fraction of sp³-hybridized carbons (Fsp3) is 0.591. The van der Waals surface area contributed by atoms with Crippen molar-refractivity contribution in [2.75, 3.05) is 19.6 Å². The molecule has 3 aliphatic heterocycles. The van der Waals surface area contributed by atoms with Crippen molar-refractivity contribution in [3.05, 3.63) is 47.5 Å². The van der Waals surface area contributed by atoms with Crippen LogP contribution in [0.2, 0.25) is 0 Å². The van der Waals surface area contributed by atoms with E-state index in [-0.39, 0.29) is 5.91 Å². The predicted molar refractivity (Wildman–Crippen MR) is 99.4 cm³/mol. The van der Waals surface area contributed by atoms with Crippen molar-refractivity contribution in [1.82, 2.24) is 9.80 Å². The van der Waals surface area contributed by atoms with Gasteiger partial charge in [0.15, 0.2) is 0 Å². The third-order valence-corrected chi connectivity index (χ3v) is 6.94. The standard InChI is InChI=1S/C22H28N2O/c25-22(16-7-2-1-3-8-16)24-12-6-9-17-13-18-14-19(21(17)24)15-23-11-5-4-10-20(18)23/h1-3,7-8,13,18-21H,4-6,9-12,14-15H2/t18-,19-,20+,21+/m0/s1. The molecule has 0 saturated carbocycles. The summed E-state index contributed by atoms with van der Waals surface area (Å²) in [5, 5.41) is 0. The first-order valence-electron chi connectivity index (χ1n) is 10.1. The molecule has 3 heteroatoms. The fourth-order valence-corrected chi connectivity index (χ4v) is 5.95. The molecule has 4 atom stereocenters. The van der Waals surface area contributed by atoms with Crippen molar-refractivity contribution < 1.29 is 4.79 Å². The van der Waals surface area contributed by atoms with Crippen LogP contribution in [0.25, 0.3) is 0 Å². The van der Waals surface area contributed by atoms with Crippen LogP contribution >= 0.6 is 0 Å². The van der Waals surface area contributed by atoms with Gasteiger partial charge in [0.1, 0.15) is 0 Å². The quantitative estimate of drug-likeness (QED) is 0.730. The number of hydrogen-bond donors (Lipinski definition) is 0. The van der Waals surface area contributed by atoms with Gasteiger partial charge in [0.2, 0.25) is 0 Å². The lowest BCUT2D eigenvalue weighted by Crippen LogP contribution is -2.60. The largest absolute Gasteiger partial charge is 0.332 e. The lowest BCUT2D eigenvalue weighted by molar-refractivity contribution is 0.00148. The van der Waals surface area contributed by atoms with Crippen LogP contribution in [0, 0.1) is 11.8 Å². The van der Waals surface area contributed by atoms with Crippen molar-refractivity contribution in [2.45, 2.75) is 50.6 Å². The molecule has 5 rings (SSSR count). The summed E-state index contributed by atoms with van der Waals surface area (Å²) in [6.45, 7) is 3.38. The summed E-state index contributed by atoms with van der Waals surface area (Å²) in [5.74, 6) is 1.60. The van der Waals surface area contributed by atoms with Gasteiger partial charge < -0.3 is 4.90 Å². The Balaban J connectivity index is 1.46. The van der Waals surface area contributed by atoms with Gasteiger partial charge in [0, 0.05) is 24.7 Å². The van der Waals surface area contributed by atoms with E-state index in [0.29, 0.717) is 12.0 Å². The Morgan fingerprint density at radius 3 is 2.80 bits per heavy atom. The topological polar surface area (TPSA) is 23.6 Å². The molecule has 3 heterocycles. The molecular formula is C22H28N2O. The molecule has 2 bridgehead atoms. The van der Waals surface area contributed by atoms with Crippen molar-refractivity contribution >= 4 is 5.91 Å². The van der Waals surface area contributed by atoms with Crippen molar-refractivity contribution in [3.8, 4) is 0 Å². The van der Waals surface area contributed by atoms with Gasteiger partial charge in [-0.15, -0.1) is 0 Å². The van der Waals surface area contributed by atoms with Crippen LogP contribution in [0.5, 0.6) is 0 Å². The van der Waals surface area contributed by atoms with Gasteiger partial charge in [-0.05, 0) is 62.6 Å². The summed E-state index contributed by atoms with van der Waals surface area (Å²) in [6.07, 6.45) is 10.3. The summed E-state index contributed by atoms with van der Waals surface area (Å²) < 4.78 is 0. The summed E-state index contributed by atoms with van der Waals surface area (Å²) >= 11 is 0. The highest BCUT2D eigenvalue weighted by molar-refractivity contribution is 5.94. The molecule has 1 aromatic rings. The molecule has 0 N–H and O–H groups in total. The highest BCUT2D eigenvalue weighted by Gasteiger charge is 2.46. The van der Waals surface area contributed by atoms with Crippen LogP contribution in [-0.2, 0) is 0 Å². The number of hydrogen-bond acceptors (Lipinski definition) is 2. The minimum absolute atomic E-state index is 0.232. The number of carbonyl (C=O) groups excluding carboxylic acids is 1. The first-order chi connectivity index (χ1) is 12.3. The number of rotatable bonds is 1. The molecule has 0 unspecified atom stereocenters. The maximum atomic E-state index is 13.2. The Hall–Kier alpha value is -1.61. The summed E-state index contributed by atoms with van der Waals surface area (Å²) in [6, 6.07) is 11.0. The van der Waals surface area contributed by atoms with E-state index in [1.54, 1.807) is 5.57 Å². The molecule has 4 aliphatic rings. The Morgan fingerprint density at radius 1 is 1.04 bits per heavy atom. The second kappa shape index (κ2) is 6.28. The summed E-state index contributed by atoms with van der Waals surface area (Å²) in [4.78, 5) is 18.1. The molecule has 1 aliphatic carbocycles. The molecule has 1 amide bonds. The molecule has 3 saturated heterocycles. The minimum Gasteiger partial charge on any atom is -0.332 e. The van der Waals surface area contributed by atoms with E-state index in [2.05, 4.69) is 15.9 Å². The van der Waals surface area contributed by atoms with Crippen LogP contribution in [0.3, 0.4) is 0 Å². The third kappa shape index (κ3) is 2.64. The number of fused-ring (bicyclic) bond motifs is 6. The van der Waals surface area contributed by atoms with Gasteiger partial charge in [-0.3, -0.25) is 9.69 Å². The predicted octanol–water partition coefficient (Wildman–Crippen LogP) is 3.72. The van der Waals surface area contributed by atoms with Crippen LogP contribution in [0.4, 0.5) is 0 Å². The van der Waals surface area contributed by atoms with E-state index < -0.39 is 0 Å². The average Bonchev–Trinajstić information content (AvgIpc) is 2.68. The SMILES string of the molecule is O=C(c1ccccc1)N1CCCC2=C[C@H]3C[C@@H](CN4CCCC[C@H]34)[C@@H]21. The molecule has 132 valence electrons. The highest BCUT2D eigenvalue weighted by Crippen LogP contribution is 2.45. The Labute approximate surface area is 150 Å². The number of benzene rings is 1. The van der Waals surface area contributed by atoms with Gasteiger partial charge in [0.05, 0.1) is 6.04 Å². The lowest BCUT2D eigenvalue weighted by atomic mass is 9.68. The third-order valence-electron chi connectivity index (χ3n) is 6.94. The van der Waals surface area contributed by atoms with E-state index >= 15 is 0 Å². The van der Waals surface area contributed by atoms with Crippen LogP contribution in [0.15, 0.2) is 42.0 Å². The fourth-order valence-electron chi connectivity index (χ4n) is 5.95. The zero-order valence-corrected chi connectivity index (χ0v) is 14.9. The smallest absolute Gasteiger partial charge is 0.254 e. The minimum atomic E-state index is 0.232. The zero-order chi connectivity index (χ0) is 16.8. The monoisotopic (exact) mass is 336 g/mol. The van der Waals surface area contributed by atoms with Gasteiger partial charge in [-0.25, -0.2) is 0 Å². The second-order valence-corrected chi connectivity index (χ2v) is 8.37. The molecule has 3 nitrogen and oxygen atoms in total. The molecule has 25 heavy (non-hydrogen) atoms. The van der Waals surface area contributed by atoms with Crippen molar-refractivity contribution in [3.63, 3.8) is 0 Å². The van der Waals surface area contributed by atoms with Crippen molar-refractivity contribution in [2.24, 2.45) is 11.8 Å². The lowest BCUT2D eigenvalue weighted by Gasteiger charge is -2.54. The molecule has 1 aromatic carbocycles. The van der Waals surface area contributed by atoms with Crippen LogP contribution in [-0.4, -0.2) is 47.4 Å². The Bertz CT molecular complexity index is 683. The van der Waals surface area contributed by atoms with Gasteiger partial charge in [-0.2, -0.15) is 0 Å². The average molecular weight is 336 g/mol. The normalized spacial score (nSPS) is 34.7. The number of likely N-dealkylation sites (tertiary alicyclic amines) is 1. The molecule has 0 aromatic heterocycles. The maximum absolute atomic E-state index is 13.2. The summed E-state index contributed by atoms with van der Waals surface area (Å²) in [7, 11) is 0. The first kappa shape index (κ1) is 15.6.